The Balaban J connectivity index is 2.15. The van der Waals surface area contributed by atoms with E-state index in [-0.39, 0.29) is 0 Å². The lowest BCUT2D eigenvalue weighted by Gasteiger charge is -2.30. The summed E-state index contributed by atoms with van der Waals surface area (Å²) in [5.74, 6) is 0. The average Bonchev–Trinajstić information content (AvgIpc) is 2.48. The molecule has 0 aliphatic heterocycles. The molecule has 0 amide bonds. The maximum Gasteiger partial charge on any atom is 0.244 e. The van der Waals surface area contributed by atoms with Crippen molar-refractivity contribution < 1.29 is 8.42 Å². The molecule has 2 rings (SSSR count). The summed E-state index contributed by atoms with van der Waals surface area (Å²) in [6.45, 7) is 0. The number of sulfonamides is 1. The van der Waals surface area contributed by atoms with Gasteiger partial charge in [0.2, 0.25) is 10.0 Å². The van der Waals surface area contributed by atoms with Crippen molar-refractivity contribution in [2.45, 2.75) is 42.7 Å². The van der Waals surface area contributed by atoms with Crippen LogP contribution in [0.3, 0.4) is 0 Å². The highest BCUT2D eigenvalue weighted by atomic mass is 32.2. The summed E-state index contributed by atoms with van der Waals surface area (Å²) in [5.41, 5.74) is 0.708. The molecule has 0 radical (unpaired) electrons. The van der Waals surface area contributed by atoms with Gasteiger partial charge < -0.3 is 10.6 Å². The van der Waals surface area contributed by atoms with E-state index in [0.717, 1.165) is 25.7 Å². The molecule has 0 unspecified atom stereocenters. The molecule has 21 heavy (non-hydrogen) atoms. The Labute approximate surface area is 127 Å². The number of nitrogens with one attached hydrogen (secondary N) is 2. The first-order chi connectivity index (χ1) is 9.95. The molecule has 1 aromatic carbocycles. The van der Waals surface area contributed by atoms with Crippen molar-refractivity contribution in [2.75, 3.05) is 26.5 Å². The molecule has 1 saturated carbocycles. The first-order valence-electron chi connectivity index (χ1n) is 7.40. The van der Waals surface area contributed by atoms with Gasteiger partial charge in [0.05, 0.1) is 5.69 Å². The van der Waals surface area contributed by atoms with Crippen LogP contribution in [0, 0.1) is 0 Å². The summed E-state index contributed by atoms with van der Waals surface area (Å²) < 4.78 is 26.0. The predicted octanol–water partition coefficient (Wildman–Crippen LogP) is 1.88. The fourth-order valence-corrected chi connectivity index (χ4v) is 3.80. The van der Waals surface area contributed by atoms with E-state index in [2.05, 4.69) is 10.6 Å². The van der Waals surface area contributed by atoms with Crippen molar-refractivity contribution in [1.82, 2.24) is 9.62 Å². The quantitative estimate of drug-likeness (QED) is 0.871. The maximum absolute atomic E-state index is 12.4. The second-order valence-corrected chi connectivity index (χ2v) is 7.89. The number of hydrogen-bond acceptors (Lipinski definition) is 4. The largest absolute Gasteiger partial charge is 0.381 e. The molecule has 0 atom stereocenters. The van der Waals surface area contributed by atoms with Crippen LogP contribution in [0.25, 0.3) is 0 Å². The molecular weight excluding hydrogens is 286 g/mol. The zero-order valence-corrected chi connectivity index (χ0v) is 13.8. The number of hydrogen-bond donors (Lipinski definition) is 2. The smallest absolute Gasteiger partial charge is 0.244 e. The molecule has 0 aromatic heterocycles. The maximum atomic E-state index is 12.4. The van der Waals surface area contributed by atoms with Crippen LogP contribution in [0.15, 0.2) is 29.2 Å². The van der Waals surface area contributed by atoms with E-state index in [1.807, 2.05) is 19.2 Å². The summed E-state index contributed by atoms with van der Waals surface area (Å²) in [5, 5.41) is 6.73. The molecule has 0 heterocycles. The molecule has 1 aliphatic rings. The van der Waals surface area contributed by atoms with Gasteiger partial charge in [-0.05, 0) is 44.9 Å². The lowest BCUT2D eigenvalue weighted by Crippen LogP contribution is -2.35. The summed E-state index contributed by atoms with van der Waals surface area (Å²) >= 11 is 0. The van der Waals surface area contributed by atoms with Gasteiger partial charge in [-0.2, -0.15) is 0 Å². The van der Waals surface area contributed by atoms with Crippen LogP contribution >= 0.6 is 0 Å². The van der Waals surface area contributed by atoms with E-state index in [0.29, 0.717) is 22.7 Å². The third kappa shape index (κ3) is 3.75. The van der Waals surface area contributed by atoms with Gasteiger partial charge in [0, 0.05) is 26.2 Å². The lowest BCUT2D eigenvalue weighted by atomic mass is 9.91. The van der Waals surface area contributed by atoms with Crippen LogP contribution < -0.4 is 10.6 Å². The van der Waals surface area contributed by atoms with Gasteiger partial charge in [-0.3, -0.25) is 0 Å². The van der Waals surface area contributed by atoms with E-state index in [9.17, 15) is 8.42 Å². The fraction of sp³-hybridized carbons (Fsp3) is 0.600. The highest BCUT2D eigenvalue weighted by molar-refractivity contribution is 7.89. The Hall–Kier alpha value is -1.11. The highest BCUT2D eigenvalue weighted by Crippen LogP contribution is 2.27. The van der Waals surface area contributed by atoms with Crippen LogP contribution in [0.5, 0.6) is 0 Å². The molecular formula is C15H25N3O2S. The van der Waals surface area contributed by atoms with Gasteiger partial charge in [0.15, 0.2) is 0 Å². The van der Waals surface area contributed by atoms with Crippen molar-refractivity contribution in [3.63, 3.8) is 0 Å². The monoisotopic (exact) mass is 311 g/mol. The molecule has 0 bridgehead atoms. The summed E-state index contributed by atoms with van der Waals surface area (Å²) in [4.78, 5) is 0.353. The Morgan fingerprint density at radius 1 is 1.05 bits per heavy atom. The Kier molecular flexibility index (Phi) is 5.24. The minimum Gasteiger partial charge on any atom is -0.381 e. The number of anilines is 1. The first kappa shape index (κ1) is 16.3. The molecule has 5 nitrogen and oxygen atoms in total. The van der Waals surface area contributed by atoms with E-state index >= 15 is 0 Å². The summed E-state index contributed by atoms with van der Waals surface area (Å²) in [6, 6.07) is 8.07. The van der Waals surface area contributed by atoms with Crippen molar-refractivity contribution in [1.29, 1.82) is 0 Å². The van der Waals surface area contributed by atoms with E-state index < -0.39 is 10.0 Å². The minimum absolute atomic E-state index is 0.341. The van der Waals surface area contributed by atoms with Gasteiger partial charge in [-0.25, -0.2) is 12.7 Å². The zero-order chi connectivity index (χ0) is 15.5. The van der Waals surface area contributed by atoms with E-state index in [1.165, 1.54) is 4.31 Å². The van der Waals surface area contributed by atoms with Gasteiger partial charge in [0.25, 0.3) is 0 Å². The Morgan fingerprint density at radius 2 is 1.62 bits per heavy atom. The second-order valence-electron chi connectivity index (χ2n) is 5.77. The van der Waals surface area contributed by atoms with Gasteiger partial charge in [0.1, 0.15) is 4.90 Å². The van der Waals surface area contributed by atoms with Gasteiger partial charge in [-0.1, -0.05) is 12.1 Å². The molecule has 2 N–H and O–H groups in total. The van der Waals surface area contributed by atoms with E-state index in [4.69, 9.17) is 0 Å². The molecule has 118 valence electrons. The standard InChI is InChI=1S/C15H25N3O2S/c1-16-12-8-10-13(11-9-12)17-14-6-4-5-7-15(14)21(19,20)18(2)3/h4-7,12-13,16-17H,8-11H2,1-3H3. The van der Waals surface area contributed by atoms with Crippen LogP contribution in [0.1, 0.15) is 25.7 Å². The Morgan fingerprint density at radius 3 is 2.19 bits per heavy atom. The molecule has 1 aromatic rings. The van der Waals surface area contributed by atoms with Gasteiger partial charge >= 0.3 is 0 Å². The van der Waals surface area contributed by atoms with Crippen LogP contribution in [0.2, 0.25) is 0 Å². The van der Waals surface area contributed by atoms with Crippen LogP contribution in [-0.4, -0.2) is 45.9 Å². The van der Waals surface area contributed by atoms with Crippen molar-refractivity contribution in [2.24, 2.45) is 0 Å². The van der Waals surface area contributed by atoms with Crippen molar-refractivity contribution >= 4 is 15.7 Å². The third-order valence-corrected chi connectivity index (χ3v) is 6.01. The van der Waals surface area contributed by atoms with Crippen LogP contribution in [0.4, 0.5) is 5.69 Å². The van der Waals surface area contributed by atoms with Crippen molar-refractivity contribution in [3.8, 4) is 0 Å². The average molecular weight is 311 g/mol. The predicted molar refractivity (Wildman–Crippen MR) is 86.0 cm³/mol. The summed E-state index contributed by atoms with van der Waals surface area (Å²) in [6.07, 6.45) is 4.36. The lowest BCUT2D eigenvalue weighted by molar-refractivity contribution is 0.371. The molecule has 0 saturated heterocycles. The number of nitrogens with zero attached hydrogens (tertiary/aromatic N) is 1. The fourth-order valence-electron chi connectivity index (χ4n) is 2.75. The molecule has 1 aliphatic carbocycles. The molecule has 0 spiro atoms. The third-order valence-electron chi connectivity index (χ3n) is 4.14. The number of benzene rings is 1. The summed E-state index contributed by atoms with van der Waals surface area (Å²) in [7, 11) is 1.70. The van der Waals surface area contributed by atoms with Crippen molar-refractivity contribution in [3.05, 3.63) is 24.3 Å². The first-order valence-corrected chi connectivity index (χ1v) is 8.84. The Bertz CT molecular complexity index is 564. The minimum atomic E-state index is -3.42. The molecule has 6 heteroatoms. The topological polar surface area (TPSA) is 61.4 Å². The normalized spacial score (nSPS) is 23.2. The second kappa shape index (κ2) is 6.77. The molecule has 1 fully saturated rings. The SMILES string of the molecule is CNC1CCC(Nc2ccccc2S(=O)(=O)N(C)C)CC1. The van der Waals surface area contributed by atoms with Gasteiger partial charge in [-0.15, -0.1) is 0 Å². The number of para-hydroxylation sites is 1. The highest BCUT2D eigenvalue weighted by Gasteiger charge is 2.24. The zero-order valence-electron chi connectivity index (χ0n) is 13.0. The van der Waals surface area contributed by atoms with E-state index in [1.54, 1.807) is 26.2 Å². The van der Waals surface area contributed by atoms with Crippen LogP contribution in [-0.2, 0) is 10.0 Å². The number of rotatable bonds is 5.